The van der Waals surface area contributed by atoms with E-state index in [0.717, 1.165) is 142 Å². The van der Waals surface area contributed by atoms with Gasteiger partial charge < -0.3 is 23.9 Å². The third kappa shape index (κ3) is 6.21. The molecule has 10 rings (SSSR count). The number of hydrogen-bond acceptors (Lipinski definition) is 7. The minimum absolute atomic E-state index is 0.0216. The van der Waals surface area contributed by atoms with Crippen LogP contribution in [0.5, 0.6) is 0 Å². The van der Waals surface area contributed by atoms with Crippen LogP contribution >= 0.6 is 0 Å². The molecule has 0 bridgehead atoms. The zero-order valence-electron chi connectivity index (χ0n) is 34.7. The Balaban J connectivity index is 0.000000152. The Morgan fingerprint density at radius 2 is 1.07 bits per heavy atom. The Morgan fingerprint density at radius 3 is 1.63 bits per heavy atom. The Kier molecular flexibility index (Phi) is 10.0. The molecule has 0 spiro atoms. The first-order valence-corrected chi connectivity index (χ1v) is 21.2. The lowest BCUT2D eigenvalue weighted by Gasteiger charge is -2.19. The molecule has 4 heterocycles. The highest BCUT2D eigenvalue weighted by atomic mass is 16.1. The van der Waals surface area contributed by atoms with E-state index in [1.54, 1.807) is 25.5 Å². The number of carbonyl (C=O) groups is 2. The summed E-state index contributed by atoms with van der Waals surface area (Å²) in [6.45, 7) is 16.5. The van der Waals surface area contributed by atoms with Crippen LogP contribution in [0.2, 0.25) is 0 Å². The van der Waals surface area contributed by atoms with Gasteiger partial charge in [0.15, 0.2) is 17.0 Å². The van der Waals surface area contributed by atoms with Gasteiger partial charge in [0.1, 0.15) is 0 Å². The number of nitrogens with zero attached hydrogens (tertiary/aromatic N) is 6. The second-order valence-electron chi connectivity index (χ2n) is 15.9. The molecule has 0 saturated heterocycles. The lowest BCUT2D eigenvalue weighted by atomic mass is 10.00. The number of benzene rings is 4. The first kappa shape index (κ1) is 38.6. The molecule has 0 amide bonds. The van der Waals surface area contributed by atoms with Gasteiger partial charge in [-0.25, -0.2) is 4.68 Å². The summed E-state index contributed by atoms with van der Waals surface area (Å²) in [7, 11) is 1.68. The third-order valence-corrected chi connectivity index (χ3v) is 13.1. The van der Waals surface area contributed by atoms with Crippen LogP contribution in [0.3, 0.4) is 0 Å². The van der Waals surface area contributed by atoms with Crippen molar-refractivity contribution in [3.8, 4) is 0 Å². The van der Waals surface area contributed by atoms with Crippen LogP contribution in [0.1, 0.15) is 72.4 Å². The number of ketones is 2. The quantitative estimate of drug-likeness (QED) is 0.152. The van der Waals surface area contributed by atoms with Crippen LogP contribution < -0.4 is 11.0 Å². The van der Waals surface area contributed by atoms with Crippen LogP contribution in [-0.2, 0) is 33.0 Å². The van der Waals surface area contributed by atoms with E-state index >= 15 is 0 Å². The summed E-state index contributed by atoms with van der Waals surface area (Å²) in [5.74, 6) is 0.435. The predicted octanol–water partition coefficient (Wildman–Crippen LogP) is 7.62. The number of fused-ring (bicyclic) bond motifs is 14. The second kappa shape index (κ2) is 15.4. The molecule has 1 N–H and O–H groups in total. The molecule has 0 aliphatic heterocycles. The monoisotopic (exact) mass is 789 g/mol. The molecule has 0 unspecified atom stereocenters. The number of carbonyl (C=O) groups excluding carboxylic acids is 2. The van der Waals surface area contributed by atoms with E-state index in [0.29, 0.717) is 23.6 Å². The van der Waals surface area contributed by atoms with Gasteiger partial charge in [-0.05, 0) is 98.7 Å². The highest BCUT2D eigenvalue weighted by Gasteiger charge is 2.28. The third-order valence-electron chi connectivity index (χ3n) is 13.1. The van der Waals surface area contributed by atoms with E-state index in [-0.39, 0.29) is 22.6 Å². The van der Waals surface area contributed by atoms with Crippen LogP contribution in [0, 0.1) is 0 Å². The molecule has 59 heavy (non-hydrogen) atoms. The second-order valence-corrected chi connectivity index (χ2v) is 15.9. The van der Waals surface area contributed by atoms with Gasteiger partial charge in [0, 0.05) is 118 Å². The topological polar surface area (TPSA) is 118 Å². The minimum Gasteiger partial charge on any atom is -0.360 e. The van der Waals surface area contributed by atoms with Gasteiger partial charge >= 0.3 is 0 Å². The fourth-order valence-corrected chi connectivity index (χ4v) is 9.87. The Labute approximate surface area is 341 Å². The summed E-state index contributed by atoms with van der Waals surface area (Å²) in [6.07, 6.45) is 6.18. The smallest absolute Gasteiger partial charge is 0.274 e. The van der Waals surface area contributed by atoms with Gasteiger partial charge in [-0.15, -0.1) is 0 Å². The summed E-state index contributed by atoms with van der Waals surface area (Å²) in [4.78, 5) is 58.1. The molecule has 11 nitrogen and oxygen atoms in total. The molecule has 11 heteroatoms. The SMILES string of the molecule is CCN(CC)CCn1c2ccc3c(c2c2c4[nH]ccc(=O)c4ccc21)CCC3=O.CCN(CC)CCn1c2ccc3c(c2c2c4cnn(C)c(=O)c4ccc21)CCC3=O. The van der Waals surface area contributed by atoms with Crippen LogP contribution in [0.15, 0.2) is 76.6 Å². The summed E-state index contributed by atoms with van der Waals surface area (Å²) in [6, 6.07) is 17.7. The number of hydrogen-bond donors (Lipinski definition) is 1. The molecule has 2 aliphatic rings. The number of aryl methyl sites for hydroxylation is 3. The molecule has 0 fully saturated rings. The summed E-state index contributed by atoms with van der Waals surface area (Å²) in [5, 5.41) is 10.9. The number of aromatic nitrogens is 5. The molecule has 2 aliphatic carbocycles. The molecule has 8 aromatic rings. The molecule has 0 atom stereocenters. The maximum atomic E-state index is 12.7. The number of pyridine rings is 1. The van der Waals surface area contributed by atoms with Crippen molar-refractivity contribution in [3.05, 3.63) is 110 Å². The molecule has 0 saturated carbocycles. The average Bonchev–Trinajstić information content (AvgIpc) is 4.01. The number of H-pyrrole nitrogens is 1. The van der Waals surface area contributed by atoms with Crippen molar-refractivity contribution in [3.63, 3.8) is 0 Å². The van der Waals surface area contributed by atoms with E-state index < -0.39 is 0 Å². The van der Waals surface area contributed by atoms with Gasteiger partial charge in [-0.2, -0.15) is 5.10 Å². The Morgan fingerprint density at radius 1 is 0.576 bits per heavy atom. The highest BCUT2D eigenvalue weighted by molar-refractivity contribution is 6.24. The van der Waals surface area contributed by atoms with Crippen molar-refractivity contribution in [1.29, 1.82) is 0 Å². The number of aromatic amines is 1. The lowest BCUT2D eigenvalue weighted by molar-refractivity contribution is 0.0986. The van der Waals surface area contributed by atoms with Gasteiger partial charge in [-0.1, -0.05) is 27.7 Å². The van der Waals surface area contributed by atoms with Gasteiger partial charge in [-0.3, -0.25) is 19.2 Å². The maximum Gasteiger partial charge on any atom is 0.274 e. The fraction of sp³-hybridized carbons (Fsp3) is 0.354. The van der Waals surface area contributed by atoms with Crippen molar-refractivity contribution in [2.45, 2.75) is 66.5 Å². The highest BCUT2D eigenvalue weighted by Crippen LogP contribution is 2.41. The molecule has 4 aromatic heterocycles. The first-order valence-electron chi connectivity index (χ1n) is 21.2. The predicted molar refractivity (Wildman–Crippen MR) is 238 cm³/mol. The zero-order chi connectivity index (χ0) is 41.1. The summed E-state index contributed by atoms with van der Waals surface area (Å²) >= 11 is 0. The van der Waals surface area contributed by atoms with Crippen molar-refractivity contribution in [2.24, 2.45) is 7.05 Å². The van der Waals surface area contributed by atoms with Crippen LogP contribution in [0.4, 0.5) is 0 Å². The van der Waals surface area contributed by atoms with Gasteiger partial charge in [0.05, 0.1) is 22.6 Å². The number of rotatable bonds is 10. The minimum atomic E-state index is -0.0953. The normalized spacial score (nSPS) is 13.9. The Hall–Kier alpha value is -5.91. The van der Waals surface area contributed by atoms with Gasteiger partial charge in [0.25, 0.3) is 5.56 Å². The maximum absolute atomic E-state index is 12.7. The average molecular weight is 790 g/mol. The van der Waals surface area contributed by atoms with E-state index in [1.165, 1.54) is 4.68 Å². The van der Waals surface area contributed by atoms with E-state index in [9.17, 15) is 19.2 Å². The van der Waals surface area contributed by atoms with Crippen LogP contribution in [-0.4, -0.2) is 84.5 Å². The number of likely N-dealkylation sites (N-methyl/N-ethyl adjacent to an activating group) is 2. The molecule has 302 valence electrons. The van der Waals surface area contributed by atoms with Crippen LogP contribution in [0.25, 0.3) is 65.3 Å². The molecular weight excluding hydrogens is 739 g/mol. The van der Waals surface area contributed by atoms with Gasteiger partial charge in [0.2, 0.25) is 0 Å². The fourth-order valence-electron chi connectivity index (χ4n) is 9.87. The molecular formula is C48H51N7O4. The summed E-state index contributed by atoms with van der Waals surface area (Å²) in [5.41, 5.74) is 9.24. The summed E-state index contributed by atoms with van der Waals surface area (Å²) < 4.78 is 6.08. The van der Waals surface area contributed by atoms with Crippen molar-refractivity contribution >= 4 is 76.9 Å². The van der Waals surface area contributed by atoms with E-state index in [4.69, 9.17) is 0 Å². The number of nitrogens with one attached hydrogen (secondary N) is 1. The van der Waals surface area contributed by atoms with Crippen molar-refractivity contribution in [2.75, 3.05) is 39.3 Å². The van der Waals surface area contributed by atoms with E-state index in [1.807, 2.05) is 24.3 Å². The molecule has 4 aromatic carbocycles. The molecule has 0 radical (unpaired) electrons. The van der Waals surface area contributed by atoms with E-state index in [2.05, 4.69) is 81.0 Å². The van der Waals surface area contributed by atoms with Crippen molar-refractivity contribution in [1.82, 2.24) is 33.7 Å². The standard InChI is InChI=1S/C24H26N4O2.C24H25N3O2/c1-4-27(5-2)12-13-28-19-9-6-15-16(8-11-21(15)29)22(19)23-18-14-25-26(3)24(30)17(18)7-10-20(23)28;1-3-26(4-2)13-14-27-18-8-5-15-16(7-10-20(15)28)22(18)23-19(27)9-6-17-21(29)11-12-25-24(17)23/h6-7,9-10,14H,4-5,8,11-13H2,1-3H3;5-6,8-9,11-12H,3-4,7,10,13-14H2,1-2H3,(H,25,29). The zero-order valence-corrected chi connectivity index (χ0v) is 34.7. The number of Topliss-reactive ketones (excluding diaryl/α,β-unsaturated/α-hetero) is 2. The Bertz CT molecular complexity index is 3120. The first-order chi connectivity index (χ1) is 28.7. The lowest BCUT2D eigenvalue weighted by Crippen LogP contribution is -2.27. The van der Waals surface area contributed by atoms with Crippen molar-refractivity contribution < 1.29 is 9.59 Å². The largest absolute Gasteiger partial charge is 0.360 e.